The van der Waals surface area contributed by atoms with Crippen LogP contribution in [0.25, 0.3) is 0 Å². The topological polar surface area (TPSA) is 64.6 Å². The summed E-state index contributed by atoms with van der Waals surface area (Å²) in [6.07, 6.45) is 3.03. The second kappa shape index (κ2) is 8.56. The van der Waals surface area contributed by atoms with Crippen LogP contribution >= 0.6 is 0 Å². The van der Waals surface area contributed by atoms with Crippen LogP contribution in [0.1, 0.15) is 40.5 Å². The fourth-order valence-electron chi connectivity index (χ4n) is 3.54. The molecule has 7 heteroatoms. The van der Waals surface area contributed by atoms with Crippen LogP contribution < -0.4 is 5.32 Å². The average Bonchev–Trinajstić information content (AvgIpc) is 3.16. The first-order valence-electron chi connectivity index (χ1n) is 10.1. The summed E-state index contributed by atoms with van der Waals surface area (Å²) in [5.74, 6) is -3.36. The minimum atomic E-state index is -2.01. The number of allylic oxidation sites excluding steroid dienone is 2. The predicted octanol–water partition coefficient (Wildman–Crippen LogP) is 4.43. The van der Waals surface area contributed by atoms with Crippen LogP contribution in [0, 0.1) is 11.8 Å². The molecule has 0 aromatic heterocycles. The van der Waals surface area contributed by atoms with Gasteiger partial charge in [0.1, 0.15) is 11.7 Å². The molecule has 162 valence electrons. The molecule has 0 saturated carbocycles. The molecule has 0 aromatic rings. The molecule has 1 aliphatic heterocycles. The van der Waals surface area contributed by atoms with E-state index in [-0.39, 0.29) is 23.3 Å². The van der Waals surface area contributed by atoms with Crippen LogP contribution in [0.2, 0.25) is 18.1 Å². The number of rotatable bonds is 6. The lowest BCUT2D eigenvalue weighted by Gasteiger charge is -2.39. The van der Waals surface area contributed by atoms with Gasteiger partial charge < -0.3 is 14.5 Å². The third kappa shape index (κ3) is 4.89. The maximum absolute atomic E-state index is 15.2. The number of carbonyl (C=O) groups excluding carboxylic acids is 2. The number of nitrogens with one attached hydrogen (secondary N) is 1. The smallest absolute Gasteiger partial charge is 0.318 e. The van der Waals surface area contributed by atoms with Gasteiger partial charge in [-0.2, -0.15) is 0 Å². The molecule has 1 amide bonds. The maximum atomic E-state index is 15.2. The molecule has 0 bridgehead atoms. The zero-order valence-electron chi connectivity index (χ0n) is 18.6. The second-order valence-corrected chi connectivity index (χ2v) is 14.3. The third-order valence-electron chi connectivity index (χ3n) is 6.54. The number of ether oxygens (including phenoxy) is 1. The van der Waals surface area contributed by atoms with Gasteiger partial charge in [-0.15, -0.1) is 0 Å². The van der Waals surface area contributed by atoms with Gasteiger partial charge in [-0.05, 0) is 55.1 Å². The Labute approximate surface area is 174 Å². The highest BCUT2D eigenvalue weighted by Gasteiger charge is 2.44. The Balaban J connectivity index is 2.24. The number of esters is 1. The fourth-order valence-corrected chi connectivity index (χ4v) is 4.85. The highest BCUT2D eigenvalue weighted by Crippen LogP contribution is 2.42. The molecule has 0 aromatic carbocycles. The molecule has 1 saturated heterocycles. The molecule has 3 atom stereocenters. The number of methoxy groups -OCH3 is 1. The third-order valence-corrected chi connectivity index (χ3v) is 11.0. The Kier molecular flexibility index (Phi) is 6.95. The monoisotopic (exact) mass is 423 g/mol. The van der Waals surface area contributed by atoms with Crippen molar-refractivity contribution in [3.05, 3.63) is 35.2 Å². The molecular formula is C22H34FNO4Si. The molecular weight excluding hydrogens is 389 g/mol. The van der Waals surface area contributed by atoms with Gasteiger partial charge in [0, 0.05) is 12.5 Å². The minimum Gasteiger partial charge on any atom is -0.468 e. The lowest BCUT2D eigenvalue weighted by molar-refractivity contribution is -0.149. The SMILES string of the molecule is C=C(/C(F)=C\C1=C(C)CCC1O[Si](C)(C)C(C)(C)C)[C@@H]1CNC(=O)[C@H]1C(=O)OC. The van der Waals surface area contributed by atoms with Gasteiger partial charge >= 0.3 is 5.97 Å². The summed E-state index contributed by atoms with van der Waals surface area (Å²) < 4.78 is 26.4. The summed E-state index contributed by atoms with van der Waals surface area (Å²) in [6, 6.07) is 0. The van der Waals surface area contributed by atoms with E-state index in [0.29, 0.717) is 0 Å². The first-order chi connectivity index (χ1) is 13.3. The molecule has 1 fully saturated rings. The van der Waals surface area contributed by atoms with Crippen molar-refractivity contribution in [3.63, 3.8) is 0 Å². The van der Waals surface area contributed by atoms with Crippen molar-refractivity contribution >= 4 is 20.2 Å². The predicted molar refractivity (Wildman–Crippen MR) is 114 cm³/mol. The van der Waals surface area contributed by atoms with E-state index in [1.807, 2.05) is 6.92 Å². The van der Waals surface area contributed by atoms with Crippen molar-refractivity contribution in [2.75, 3.05) is 13.7 Å². The van der Waals surface area contributed by atoms with E-state index < -0.39 is 37.9 Å². The van der Waals surface area contributed by atoms with Crippen LogP contribution in [-0.4, -0.2) is 40.0 Å². The Morgan fingerprint density at radius 3 is 2.52 bits per heavy atom. The average molecular weight is 424 g/mol. The van der Waals surface area contributed by atoms with Crippen molar-refractivity contribution < 1.29 is 23.1 Å². The van der Waals surface area contributed by atoms with Crippen LogP contribution in [0.4, 0.5) is 4.39 Å². The summed E-state index contributed by atoms with van der Waals surface area (Å²) in [4.78, 5) is 24.0. The van der Waals surface area contributed by atoms with E-state index >= 15 is 4.39 Å². The summed E-state index contributed by atoms with van der Waals surface area (Å²) in [5.41, 5.74) is 2.08. The van der Waals surface area contributed by atoms with Crippen molar-refractivity contribution in [2.45, 2.75) is 64.8 Å². The number of carbonyl (C=O) groups is 2. The second-order valence-electron chi connectivity index (χ2n) is 9.51. The van der Waals surface area contributed by atoms with Crippen molar-refractivity contribution in [3.8, 4) is 0 Å². The molecule has 0 radical (unpaired) electrons. The fraction of sp³-hybridized carbons (Fsp3) is 0.636. The van der Waals surface area contributed by atoms with E-state index in [0.717, 1.165) is 24.0 Å². The largest absolute Gasteiger partial charge is 0.468 e. The van der Waals surface area contributed by atoms with E-state index in [9.17, 15) is 9.59 Å². The van der Waals surface area contributed by atoms with Crippen LogP contribution in [0.5, 0.6) is 0 Å². The normalized spacial score (nSPS) is 26.0. The summed E-state index contributed by atoms with van der Waals surface area (Å²) in [5, 5.41) is 2.66. The summed E-state index contributed by atoms with van der Waals surface area (Å²) in [7, 11) is -0.792. The zero-order chi connectivity index (χ0) is 22.1. The van der Waals surface area contributed by atoms with Crippen LogP contribution in [0.3, 0.4) is 0 Å². The van der Waals surface area contributed by atoms with Gasteiger partial charge in [0.15, 0.2) is 8.32 Å². The van der Waals surface area contributed by atoms with Gasteiger partial charge in [0.2, 0.25) is 5.91 Å². The van der Waals surface area contributed by atoms with E-state index in [2.05, 4.69) is 45.8 Å². The molecule has 0 spiro atoms. The molecule has 2 rings (SSSR count). The minimum absolute atomic E-state index is 0.0596. The molecule has 1 unspecified atom stereocenters. The first kappa shape index (κ1) is 23.5. The van der Waals surface area contributed by atoms with Gasteiger partial charge in [-0.1, -0.05) is 32.9 Å². The van der Waals surface area contributed by atoms with E-state index in [1.54, 1.807) is 0 Å². The van der Waals surface area contributed by atoms with E-state index in [1.165, 1.54) is 13.2 Å². The number of amides is 1. The lowest BCUT2D eigenvalue weighted by atomic mass is 9.88. The number of hydrogen-bond acceptors (Lipinski definition) is 4. The standard InChI is InChI=1S/C22H34FNO4Si/c1-13-9-10-18(28-29(7,8)22(3,4)5)15(13)11-17(23)14(2)16-12-24-20(25)19(16)21(26)27-6/h11,16,18-19H,2,9-10,12H2,1,3-8H3,(H,24,25)/b17-11+/t16-,18?,19-/m0/s1. The molecule has 2 aliphatic rings. The Morgan fingerprint density at radius 1 is 1.34 bits per heavy atom. The molecule has 29 heavy (non-hydrogen) atoms. The van der Waals surface area contributed by atoms with E-state index in [4.69, 9.17) is 9.16 Å². The first-order valence-corrected chi connectivity index (χ1v) is 13.0. The summed E-state index contributed by atoms with van der Waals surface area (Å²) in [6.45, 7) is 16.9. The van der Waals surface area contributed by atoms with Crippen molar-refractivity contribution in [2.24, 2.45) is 11.8 Å². The number of halogens is 1. The van der Waals surface area contributed by atoms with Crippen molar-refractivity contribution in [1.29, 1.82) is 0 Å². The number of hydrogen-bond donors (Lipinski definition) is 1. The highest BCUT2D eigenvalue weighted by molar-refractivity contribution is 6.74. The zero-order valence-corrected chi connectivity index (χ0v) is 19.6. The molecule has 5 nitrogen and oxygen atoms in total. The summed E-state index contributed by atoms with van der Waals surface area (Å²) >= 11 is 0. The van der Waals surface area contributed by atoms with Gasteiger partial charge in [-0.3, -0.25) is 9.59 Å². The van der Waals surface area contributed by atoms with Gasteiger partial charge in [0.25, 0.3) is 0 Å². The molecule has 1 aliphatic carbocycles. The highest BCUT2D eigenvalue weighted by atomic mass is 28.4. The van der Waals surface area contributed by atoms with Crippen molar-refractivity contribution in [1.82, 2.24) is 5.32 Å². The Bertz CT molecular complexity index is 763. The van der Waals surface area contributed by atoms with Gasteiger partial charge in [0.05, 0.1) is 13.2 Å². The molecule has 1 N–H and O–H groups in total. The maximum Gasteiger partial charge on any atom is 0.318 e. The van der Waals surface area contributed by atoms with Gasteiger partial charge in [-0.25, -0.2) is 4.39 Å². The van der Waals surface area contributed by atoms with Crippen LogP contribution in [0.15, 0.2) is 35.2 Å². The quantitative estimate of drug-likeness (QED) is 0.297. The Morgan fingerprint density at radius 2 is 1.97 bits per heavy atom. The lowest BCUT2D eigenvalue weighted by Crippen LogP contribution is -2.43. The molecule has 1 heterocycles. The van der Waals surface area contributed by atoms with Crippen LogP contribution in [-0.2, 0) is 18.8 Å². The Hall–Kier alpha value is -1.73.